The van der Waals surface area contributed by atoms with Gasteiger partial charge in [-0.25, -0.2) is 4.68 Å². The molecule has 1 heterocycles. The molecule has 1 aromatic carbocycles. The molecule has 2 rings (SSSR count). The zero-order chi connectivity index (χ0) is 14.7. The van der Waals surface area contributed by atoms with E-state index in [1.165, 1.54) is 0 Å². The quantitative estimate of drug-likeness (QED) is 0.772. The first-order chi connectivity index (χ1) is 9.60. The van der Waals surface area contributed by atoms with Gasteiger partial charge in [-0.15, -0.1) is 11.6 Å². The van der Waals surface area contributed by atoms with Gasteiger partial charge in [0.1, 0.15) is 5.82 Å². The van der Waals surface area contributed by atoms with Gasteiger partial charge < -0.3 is 4.90 Å². The standard InChI is InChI=1S/C16H22ClN3/c1-5-12(2)19(4)16-15(11-17)13(3)18-20(16)14-9-7-6-8-10-14/h6-10,12H,5,11H2,1-4H3. The highest BCUT2D eigenvalue weighted by atomic mass is 35.5. The molecule has 0 fully saturated rings. The SMILES string of the molecule is CCC(C)N(C)c1c(CCl)c(C)nn1-c1ccccc1. The van der Waals surface area contributed by atoms with Gasteiger partial charge in [-0.05, 0) is 32.4 Å². The van der Waals surface area contributed by atoms with Gasteiger partial charge in [-0.1, -0.05) is 25.1 Å². The van der Waals surface area contributed by atoms with Crippen LogP contribution in [0.1, 0.15) is 31.5 Å². The Morgan fingerprint density at radius 1 is 1.30 bits per heavy atom. The second kappa shape index (κ2) is 6.31. The number of hydrogen-bond donors (Lipinski definition) is 0. The van der Waals surface area contributed by atoms with Crippen LogP contribution in [0, 0.1) is 6.92 Å². The van der Waals surface area contributed by atoms with Crippen molar-refractivity contribution in [1.29, 1.82) is 0 Å². The van der Waals surface area contributed by atoms with Crippen molar-refractivity contribution < 1.29 is 0 Å². The molecule has 108 valence electrons. The average molecular weight is 292 g/mol. The van der Waals surface area contributed by atoms with Gasteiger partial charge >= 0.3 is 0 Å². The van der Waals surface area contributed by atoms with E-state index in [0.29, 0.717) is 11.9 Å². The molecule has 0 radical (unpaired) electrons. The van der Waals surface area contributed by atoms with Crippen molar-refractivity contribution in [2.24, 2.45) is 0 Å². The average Bonchev–Trinajstić information content (AvgIpc) is 2.83. The van der Waals surface area contributed by atoms with E-state index in [4.69, 9.17) is 11.6 Å². The van der Waals surface area contributed by atoms with Gasteiger partial charge in [0.2, 0.25) is 0 Å². The number of rotatable bonds is 5. The number of aryl methyl sites for hydroxylation is 1. The molecule has 4 heteroatoms. The van der Waals surface area contributed by atoms with Crippen LogP contribution in [0.2, 0.25) is 0 Å². The lowest BCUT2D eigenvalue weighted by Gasteiger charge is -2.27. The first-order valence-corrected chi connectivity index (χ1v) is 7.56. The summed E-state index contributed by atoms with van der Waals surface area (Å²) >= 11 is 6.15. The van der Waals surface area contributed by atoms with Crippen LogP contribution >= 0.6 is 11.6 Å². The molecule has 0 amide bonds. The lowest BCUT2D eigenvalue weighted by Crippen LogP contribution is -2.30. The summed E-state index contributed by atoms with van der Waals surface area (Å²) in [7, 11) is 2.11. The Kier molecular flexibility index (Phi) is 4.71. The molecule has 1 aromatic heterocycles. The number of aromatic nitrogens is 2. The van der Waals surface area contributed by atoms with Crippen molar-refractivity contribution in [2.75, 3.05) is 11.9 Å². The summed E-state index contributed by atoms with van der Waals surface area (Å²) < 4.78 is 2.00. The third-order valence-electron chi connectivity index (χ3n) is 3.88. The zero-order valence-electron chi connectivity index (χ0n) is 12.6. The van der Waals surface area contributed by atoms with Crippen molar-refractivity contribution >= 4 is 17.4 Å². The van der Waals surface area contributed by atoms with E-state index in [1.807, 2.05) is 29.8 Å². The van der Waals surface area contributed by atoms with Gasteiger partial charge in [-0.3, -0.25) is 0 Å². The molecule has 0 aliphatic heterocycles. The second-order valence-electron chi connectivity index (χ2n) is 5.14. The van der Waals surface area contributed by atoms with E-state index in [9.17, 15) is 0 Å². The van der Waals surface area contributed by atoms with Gasteiger partial charge in [-0.2, -0.15) is 5.10 Å². The Bertz CT molecular complexity index is 563. The maximum Gasteiger partial charge on any atom is 0.137 e. The lowest BCUT2D eigenvalue weighted by atomic mass is 10.2. The Morgan fingerprint density at radius 3 is 2.50 bits per heavy atom. The molecule has 0 N–H and O–H groups in total. The summed E-state index contributed by atoms with van der Waals surface area (Å²) in [6.45, 7) is 6.43. The van der Waals surface area contributed by atoms with E-state index >= 15 is 0 Å². The van der Waals surface area contributed by atoms with Crippen LogP contribution in [0.3, 0.4) is 0 Å². The number of para-hydroxylation sites is 1. The summed E-state index contributed by atoms with van der Waals surface area (Å²) in [5, 5.41) is 4.68. The maximum atomic E-state index is 6.15. The van der Waals surface area contributed by atoms with Crippen molar-refractivity contribution in [3.05, 3.63) is 41.6 Å². The summed E-state index contributed by atoms with van der Waals surface area (Å²) in [6, 6.07) is 10.6. The number of anilines is 1. The third-order valence-corrected chi connectivity index (χ3v) is 4.15. The summed E-state index contributed by atoms with van der Waals surface area (Å²) in [5.41, 5.74) is 3.17. The predicted octanol–water partition coefficient (Wildman–Crippen LogP) is 4.15. The smallest absolute Gasteiger partial charge is 0.137 e. The molecule has 3 nitrogen and oxygen atoms in total. The molecular weight excluding hydrogens is 270 g/mol. The van der Waals surface area contributed by atoms with E-state index in [-0.39, 0.29) is 0 Å². The van der Waals surface area contributed by atoms with Crippen LogP contribution in [0.4, 0.5) is 5.82 Å². The Hall–Kier alpha value is -1.48. The molecular formula is C16H22ClN3. The highest BCUT2D eigenvalue weighted by molar-refractivity contribution is 6.17. The molecule has 2 aromatic rings. The fourth-order valence-electron chi connectivity index (χ4n) is 2.30. The summed E-state index contributed by atoms with van der Waals surface area (Å²) in [6.07, 6.45) is 1.08. The van der Waals surface area contributed by atoms with Crippen molar-refractivity contribution in [1.82, 2.24) is 9.78 Å². The Labute approximate surface area is 126 Å². The second-order valence-corrected chi connectivity index (χ2v) is 5.40. The molecule has 1 unspecified atom stereocenters. The first-order valence-electron chi connectivity index (χ1n) is 7.02. The fourth-order valence-corrected chi connectivity index (χ4v) is 2.61. The fraction of sp³-hybridized carbons (Fsp3) is 0.438. The van der Waals surface area contributed by atoms with Crippen LogP contribution < -0.4 is 4.90 Å². The van der Waals surface area contributed by atoms with E-state index in [1.54, 1.807) is 0 Å². The number of hydrogen-bond acceptors (Lipinski definition) is 2. The largest absolute Gasteiger partial charge is 0.357 e. The summed E-state index contributed by atoms with van der Waals surface area (Å²) in [4.78, 5) is 2.27. The van der Waals surface area contributed by atoms with Gasteiger partial charge in [0, 0.05) is 18.7 Å². The van der Waals surface area contributed by atoms with Crippen LogP contribution in [-0.2, 0) is 5.88 Å². The minimum atomic E-state index is 0.440. The molecule has 0 saturated heterocycles. The monoisotopic (exact) mass is 291 g/mol. The van der Waals surface area contributed by atoms with Crippen LogP contribution in [0.25, 0.3) is 5.69 Å². The van der Waals surface area contributed by atoms with Crippen LogP contribution in [0.5, 0.6) is 0 Å². The number of alkyl halides is 1. The summed E-state index contributed by atoms with van der Waals surface area (Å²) in [5.74, 6) is 1.58. The highest BCUT2D eigenvalue weighted by Gasteiger charge is 2.21. The minimum absolute atomic E-state index is 0.440. The first kappa shape index (κ1) is 14.9. The maximum absolute atomic E-state index is 6.15. The molecule has 0 spiro atoms. The van der Waals surface area contributed by atoms with E-state index in [2.05, 4.69) is 43.0 Å². The lowest BCUT2D eigenvalue weighted by molar-refractivity contribution is 0.643. The normalized spacial score (nSPS) is 12.4. The molecule has 20 heavy (non-hydrogen) atoms. The molecule has 0 aliphatic rings. The van der Waals surface area contributed by atoms with Crippen molar-refractivity contribution in [3.8, 4) is 5.69 Å². The molecule has 1 atom stereocenters. The van der Waals surface area contributed by atoms with E-state index in [0.717, 1.165) is 29.2 Å². The van der Waals surface area contributed by atoms with Crippen LogP contribution in [-0.4, -0.2) is 22.9 Å². The van der Waals surface area contributed by atoms with Crippen molar-refractivity contribution in [3.63, 3.8) is 0 Å². The van der Waals surface area contributed by atoms with Gasteiger partial charge in [0.25, 0.3) is 0 Å². The molecule has 0 bridgehead atoms. The van der Waals surface area contributed by atoms with Gasteiger partial charge in [0.05, 0.1) is 17.3 Å². The van der Waals surface area contributed by atoms with E-state index < -0.39 is 0 Å². The van der Waals surface area contributed by atoms with Crippen molar-refractivity contribution in [2.45, 2.75) is 39.1 Å². The predicted molar refractivity (Wildman–Crippen MR) is 86.0 cm³/mol. The number of benzene rings is 1. The third kappa shape index (κ3) is 2.68. The Morgan fingerprint density at radius 2 is 1.95 bits per heavy atom. The highest BCUT2D eigenvalue weighted by Crippen LogP contribution is 2.29. The topological polar surface area (TPSA) is 21.1 Å². The molecule has 0 saturated carbocycles. The number of nitrogens with zero attached hydrogens (tertiary/aromatic N) is 3. The Balaban J connectivity index is 2.58. The minimum Gasteiger partial charge on any atom is -0.357 e. The van der Waals surface area contributed by atoms with Crippen LogP contribution in [0.15, 0.2) is 30.3 Å². The number of halogens is 1. The zero-order valence-corrected chi connectivity index (χ0v) is 13.4. The molecule has 0 aliphatic carbocycles. The van der Waals surface area contributed by atoms with Gasteiger partial charge in [0.15, 0.2) is 0 Å².